The van der Waals surface area contributed by atoms with Crippen LogP contribution in [0.3, 0.4) is 0 Å². The molecule has 1 unspecified atom stereocenters. The van der Waals surface area contributed by atoms with Crippen LogP contribution in [0, 0.1) is 0 Å². The van der Waals surface area contributed by atoms with Crippen LogP contribution in [0.2, 0.25) is 0 Å². The molecule has 8 nitrogen and oxygen atoms in total. The topological polar surface area (TPSA) is 84.4 Å². The zero-order chi connectivity index (χ0) is 16.4. The third kappa shape index (κ3) is 6.86. The van der Waals surface area contributed by atoms with E-state index in [0.29, 0.717) is 58.9 Å². The average molecular weight is 314 g/mol. The van der Waals surface area contributed by atoms with Crippen molar-refractivity contribution in [2.45, 2.75) is 13.0 Å². The molecule has 0 radical (unpaired) electrons. The predicted octanol–water partition coefficient (Wildman–Crippen LogP) is -1.94. The Bertz CT molecular complexity index is 330. The molecule has 0 aromatic heterocycles. The van der Waals surface area contributed by atoms with Crippen molar-refractivity contribution in [3.63, 3.8) is 0 Å². The van der Waals surface area contributed by atoms with Crippen molar-refractivity contribution < 1.29 is 19.5 Å². The average Bonchev–Trinajstić information content (AvgIpc) is 2.50. The van der Waals surface area contributed by atoms with Gasteiger partial charge in [-0.1, -0.05) is 0 Å². The minimum absolute atomic E-state index is 0.450. The van der Waals surface area contributed by atoms with E-state index in [2.05, 4.69) is 0 Å². The Hall–Kier alpha value is -1.67. The molecule has 1 aliphatic heterocycles. The number of β-amino-alcohol motifs (C(OH)–C–C–N with tert-alkyl or cyclic N) is 1. The number of carbonyl (C=O) groups excluding carboxylic acids is 3. The molecule has 1 aliphatic rings. The van der Waals surface area contributed by atoms with Crippen LogP contribution in [0.5, 0.6) is 0 Å². The second kappa shape index (κ2) is 10.1. The third-order valence-corrected chi connectivity index (χ3v) is 3.73. The van der Waals surface area contributed by atoms with Crippen LogP contribution in [-0.4, -0.2) is 109 Å². The van der Waals surface area contributed by atoms with Gasteiger partial charge in [0.15, 0.2) is 0 Å². The van der Waals surface area contributed by atoms with E-state index in [1.165, 1.54) is 0 Å². The molecule has 1 rings (SSSR count). The lowest BCUT2D eigenvalue weighted by atomic mass is 10.3. The van der Waals surface area contributed by atoms with Crippen molar-refractivity contribution in [2.75, 3.05) is 58.9 Å². The molecular weight excluding hydrogens is 288 g/mol. The van der Waals surface area contributed by atoms with Crippen LogP contribution in [0.1, 0.15) is 6.92 Å². The number of hydrogen-bond donors (Lipinski definition) is 1. The van der Waals surface area contributed by atoms with Gasteiger partial charge in [0, 0.05) is 58.9 Å². The second-order valence-corrected chi connectivity index (χ2v) is 5.57. The molecule has 0 aromatic carbocycles. The van der Waals surface area contributed by atoms with Gasteiger partial charge < -0.3 is 19.8 Å². The van der Waals surface area contributed by atoms with E-state index in [4.69, 9.17) is 0 Å². The fourth-order valence-electron chi connectivity index (χ4n) is 2.37. The monoisotopic (exact) mass is 314 g/mol. The normalized spacial score (nSPS) is 20.7. The summed E-state index contributed by atoms with van der Waals surface area (Å²) in [6.45, 7) is 6.35. The van der Waals surface area contributed by atoms with Crippen molar-refractivity contribution in [2.24, 2.45) is 0 Å². The molecule has 22 heavy (non-hydrogen) atoms. The molecule has 8 heteroatoms. The van der Waals surface area contributed by atoms with Crippen LogP contribution in [0.4, 0.5) is 0 Å². The SMILES string of the molecule is CC(O)CN1CCN(C=O)CCN(C=O)CCN(C=O)CC1. The Morgan fingerprint density at radius 1 is 0.773 bits per heavy atom. The van der Waals surface area contributed by atoms with E-state index in [1.807, 2.05) is 4.90 Å². The number of nitrogens with zero attached hydrogens (tertiary/aromatic N) is 4. The van der Waals surface area contributed by atoms with Gasteiger partial charge in [0.25, 0.3) is 0 Å². The summed E-state index contributed by atoms with van der Waals surface area (Å²) in [6.07, 6.45) is 1.85. The number of aliphatic hydroxyl groups excluding tert-OH is 1. The maximum atomic E-state index is 11.1. The van der Waals surface area contributed by atoms with E-state index in [0.717, 1.165) is 19.2 Å². The predicted molar refractivity (Wildman–Crippen MR) is 81.0 cm³/mol. The maximum absolute atomic E-state index is 11.1. The first kappa shape index (κ1) is 18.4. The van der Waals surface area contributed by atoms with Gasteiger partial charge >= 0.3 is 0 Å². The lowest BCUT2D eigenvalue weighted by Crippen LogP contribution is -2.46. The Morgan fingerprint density at radius 2 is 1.09 bits per heavy atom. The molecule has 1 fully saturated rings. The number of hydrogen-bond acceptors (Lipinski definition) is 5. The summed E-state index contributed by atoms with van der Waals surface area (Å²) >= 11 is 0. The molecule has 1 atom stereocenters. The quantitative estimate of drug-likeness (QED) is 0.597. The first-order chi connectivity index (χ1) is 10.6. The van der Waals surface area contributed by atoms with E-state index in [1.54, 1.807) is 21.6 Å². The van der Waals surface area contributed by atoms with Crippen LogP contribution >= 0.6 is 0 Å². The maximum Gasteiger partial charge on any atom is 0.209 e. The minimum Gasteiger partial charge on any atom is -0.392 e. The van der Waals surface area contributed by atoms with Gasteiger partial charge in [0.1, 0.15) is 0 Å². The van der Waals surface area contributed by atoms with Gasteiger partial charge in [-0.05, 0) is 6.92 Å². The lowest BCUT2D eigenvalue weighted by molar-refractivity contribution is -0.123. The molecule has 0 aliphatic carbocycles. The summed E-state index contributed by atoms with van der Waals surface area (Å²) in [5.74, 6) is 0. The van der Waals surface area contributed by atoms with Crippen molar-refractivity contribution in [3.8, 4) is 0 Å². The largest absolute Gasteiger partial charge is 0.392 e. The summed E-state index contributed by atoms with van der Waals surface area (Å²) < 4.78 is 0. The molecule has 0 aromatic rings. The smallest absolute Gasteiger partial charge is 0.209 e. The Labute approximate surface area is 131 Å². The number of amides is 3. The van der Waals surface area contributed by atoms with Crippen LogP contribution in [-0.2, 0) is 14.4 Å². The van der Waals surface area contributed by atoms with E-state index in [9.17, 15) is 19.5 Å². The van der Waals surface area contributed by atoms with Gasteiger partial charge in [-0.3, -0.25) is 19.3 Å². The van der Waals surface area contributed by atoms with Crippen LogP contribution < -0.4 is 0 Å². The molecule has 0 saturated carbocycles. The fourth-order valence-corrected chi connectivity index (χ4v) is 2.37. The summed E-state index contributed by atoms with van der Waals surface area (Å²) in [4.78, 5) is 40.1. The number of carbonyl (C=O) groups is 3. The van der Waals surface area contributed by atoms with Crippen molar-refractivity contribution in [1.29, 1.82) is 0 Å². The van der Waals surface area contributed by atoms with Crippen molar-refractivity contribution in [1.82, 2.24) is 19.6 Å². The highest BCUT2D eigenvalue weighted by atomic mass is 16.3. The number of rotatable bonds is 5. The third-order valence-electron chi connectivity index (χ3n) is 3.73. The molecule has 1 saturated heterocycles. The molecular formula is C14H26N4O4. The molecule has 0 spiro atoms. The summed E-state index contributed by atoms with van der Waals surface area (Å²) in [5, 5.41) is 9.55. The first-order valence-electron chi connectivity index (χ1n) is 7.57. The Balaban J connectivity index is 2.70. The van der Waals surface area contributed by atoms with Gasteiger partial charge in [-0.25, -0.2) is 0 Å². The summed E-state index contributed by atoms with van der Waals surface area (Å²) in [7, 11) is 0. The van der Waals surface area contributed by atoms with E-state index in [-0.39, 0.29) is 0 Å². The van der Waals surface area contributed by atoms with Gasteiger partial charge in [0.2, 0.25) is 19.2 Å². The van der Waals surface area contributed by atoms with Crippen LogP contribution in [0.25, 0.3) is 0 Å². The molecule has 0 bridgehead atoms. The summed E-state index contributed by atoms with van der Waals surface area (Å²) in [6, 6.07) is 0. The van der Waals surface area contributed by atoms with E-state index < -0.39 is 6.10 Å². The Kier molecular flexibility index (Phi) is 8.46. The lowest BCUT2D eigenvalue weighted by Gasteiger charge is -2.31. The molecule has 1 heterocycles. The standard InChI is InChI=1S/C14H26N4O4/c1-14(22)10-15-2-4-16(11-19)6-8-18(13-21)9-7-17(12-20)5-3-15/h11-14,22H,2-10H2,1H3. The van der Waals surface area contributed by atoms with Crippen molar-refractivity contribution in [3.05, 3.63) is 0 Å². The highest BCUT2D eigenvalue weighted by Crippen LogP contribution is 1.98. The van der Waals surface area contributed by atoms with Crippen LogP contribution in [0.15, 0.2) is 0 Å². The molecule has 1 N–H and O–H groups in total. The van der Waals surface area contributed by atoms with Gasteiger partial charge in [0.05, 0.1) is 6.10 Å². The summed E-state index contributed by atoms with van der Waals surface area (Å²) in [5.41, 5.74) is 0. The Morgan fingerprint density at radius 3 is 1.36 bits per heavy atom. The van der Waals surface area contributed by atoms with Gasteiger partial charge in [-0.15, -0.1) is 0 Å². The second-order valence-electron chi connectivity index (χ2n) is 5.57. The minimum atomic E-state index is -0.465. The zero-order valence-electron chi connectivity index (χ0n) is 13.1. The zero-order valence-corrected chi connectivity index (χ0v) is 13.1. The molecule has 3 amide bonds. The van der Waals surface area contributed by atoms with E-state index >= 15 is 0 Å². The molecule has 126 valence electrons. The first-order valence-corrected chi connectivity index (χ1v) is 7.57. The highest BCUT2D eigenvalue weighted by molar-refractivity contribution is 5.49. The van der Waals surface area contributed by atoms with Crippen molar-refractivity contribution >= 4 is 19.2 Å². The fraction of sp³-hybridized carbons (Fsp3) is 0.786. The number of aliphatic hydroxyl groups is 1. The van der Waals surface area contributed by atoms with Gasteiger partial charge in [-0.2, -0.15) is 0 Å². The highest BCUT2D eigenvalue weighted by Gasteiger charge is 2.15.